The highest BCUT2D eigenvalue weighted by Gasteiger charge is 2.18. The van der Waals surface area contributed by atoms with Crippen molar-refractivity contribution in [2.75, 3.05) is 12.4 Å². The molecule has 0 atom stereocenters. The number of methoxy groups -OCH3 is 1. The summed E-state index contributed by atoms with van der Waals surface area (Å²) >= 11 is 1.50. The highest BCUT2D eigenvalue weighted by Crippen LogP contribution is 2.32. The minimum atomic E-state index is -0.426. The van der Waals surface area contributed by atoms with Crippen LogP contribution in [0.1, 0.15) is 38.9 Å². The first-order valence-electron chi connectivity index (χ1n) is 8.14. The second-order valence-corrected chi connectivity index (χ2v) is 6.73. The molecule has 0 fully saturated rings. The lowest BCUT2D eigenvalue weighted by Gasteiger charge is -2.07. The van der Waals surface area contributed by atoms with Gasteiger partial charge in [-0.15, -0.1) is 11.3 Å². The van der Waals surface area contributed by atoms with Gasteiger partial charge in [0.1, 0.15) is 0 Å². The van der Waals surface area contributed by atoms with E-state index >= 15 is 0 Å². The smallest absolute Gasteiger partial charge is 0.337 e. The van der Waals surface area contributed by atoms with Crippen LogP contribution in [0.5, 0.6) is 0 Å². The molecule has 3 aromatic rings. The molecule has 25 heavy (non-hydrogen) atoms. The maximum Gasteiger partial charge on any atom is 0.337 e. The summed E-state index contributed by atoms with van der Waals surface area (Å²) in [5, 5.41) is 4.04. The number of nitrogens with one attached hydrogen (secondary N) is 1. The molecule has 0 aliphatic carbocycles. The molecule has 1 heterocycles. The van der Waals surface area contributed by atoms with Gasteiger partial charge in [-0.05, 0) is 41.6 Å². The van der Waals surface area contributed by atoms with Crippen LogP contribution in [0.25, 0.3) is 10.1 Å². The maximum absolute atomic E-state index is 12.8. The fourth-order valence-electron chi connectivity index (χ4n) is 2.81. The maximum atomic E-state index is 12.8. The Balaban J connectivity index is 1.92. The van der Waals surface area contributed by atoms with E-state index in [9.17, 15) is 9.59 Å². The Morgan fingerprint density at radius 2 is 1.92 bits per heavy atom. The van der Waals surface area contributed by atoms with E-state index < -0.39 is 5.97 Å². The van der Waals surface area contributed by atoms with E-state index in [0.717, 1.165) is 33.4 Å². The van der Waals surface area contributed by atoms with Gasteiger partial charge >= 0.3 is 5.97 Å². The van der Waals surface area contributed by atoms with Crippen molar-refractivity contribution in [1.29, 1.82) is 0 Å². The molecule has 1 aromatic heterocycles. The van der Waals surface area contributed by atoms with Crippen molar-refractivity contribution in [3.8, 4) is 0 Å². The molecular weight excluding hydrogens is 334 g/mol. The molecule has 0 spiro atoms. The Morgan fingerprint density at radius 1 is 1.12 bits per heavy atom. The standard InChI is InChI=1S/C20H19NO3S/c1-3-7-16-15-10-4-5-11-17(15)25-18(16)19(22)21-14-9-6-8-13(12-14)20(23)24-2/h4-6,8-12H,3,7H2,1-2H3,(H,21,22). The average molecular weight is 353 g/mol. The molecule has 128 valence electrons. The van der Waals surface area contributed by atoms with E-state index in [1.54, 1.807) is 24.3 Å². The highest BCUT2D eigenvalue weighted by atomic mass is 32.1. The summed E-state index contributed by atoms with van der Waals surface area (Å²) in [6, 6.07) is 14.8. The second kappa shape index (κ2) is 7.49. The molecular formula is C20H19NO3S. The second-order valence-electron chi connectivity index (χ2n) is 5.68. The molecule has 1 N–H and O–H groups in total. The zero-order valence-corrected chi connectivity index (χ0v) is 15.0. The van der Waals surface area contributed by atoms with Gasteiger partial charge in [0.25, 0.3) is 5.91 Å². The highest BCUT2D eigenvalue weighted by molar-refractivity contribution is 7.21. The fourth-order valence-corrected chi connectivity index (χ4v) is 3.96. The Kier molecular flexibility index (Phi) is 5.14. The first-order chi connectivity index (χ1) is 12.1. The Bertz CT molecular complexity index is 930. The van der Waals surface area contributed by atoms with Crippen LogP contribution in [0.15, 0.2) is 48.5 Å². The van der Waals surface area contributed by atoms with Crippen LogP contribution in [0.4, 0.5) is 5.69 Å². The van der Waals surface area contributed by atoms with Gasteiger partial charge in [-0.1, -0.05) is 37.6 Å². The third-order valence-corrected chi connectivity index (χ3v) is 5.16. The summed E-state index contributed by atoms with van der Waals surface area (Å²) in [6.45, 7) is 2.11. The van der Waals surface area contributed by atoms with Gasteiger partial charge in [-0.2, -0.15) is 0 Å². The predicted octanol–water partition coefficient (Wildman–Crippen LogP) is 4.89. The van der Waals surface area contributed by atoms with Gasteiger partial charge < -0.3 is 10.1 Å². The number of benzene rings is 2. The number of hydrogen-bond donors (Lipinski definition) is 1. The average Bonchev–Trinajstić information content (AvgIpc) is 3.00. The molecule has 2 aromatic carbocycles. The molecule has 4 nitrogen and oxygen atoms in total. The lowest BCUT2D eigenvalue weighted by molar-refractivity contribution is 0.0600. The van der Waals surface area contributed by atoms with E-state index in [1.165, 1.54) is 18.4 Å². The summed E-state index contributed by atoms with van der Waals surface area (Å²) in [5.74, 6) is -0.573. The van der Waals surface area contributed by atoms with Crippen LogP contribution in [-0.2, 0) is 11.2 Å². The van der Waals surface area contributed by atoms with E-state index in [4.69, 9.17) is 4.74 Å². The summed E-state index contributed by atoms with van der Waals surface area (Å²) in [7, 11) is 1.34. The van der Waals surface area contributed by atoms with Crippen LogP contribution < -0.4 is 5.32 Å². The molecule has 1 amide bonds. The Labute approximate surface area is 150 Å². The van der Waals surface area contributed by atoms with Crippen molar-refractivity contribution in [2.45, 2.75) is 19.8 Å². The van der Waals surface area contributed by atoms with Crippen molar-refractivity contribution < 1.29 is 14.3 Å². The molecule has 0 bridgehead atoms. The SMILES string of the molecule is CCCc1c(C(=O)Nc2cccc(C(=O)OC)c2)sc2ccccc12. The number of carbonyl (C=O) groups excluding carboxylic acids is 2. The molecule has 3 rings (SSSR count). The molecule has 0 saturated heterocycles. The molecule has 0 saturated carbocycles. The number of ether oxygens (including phenoxy) is 1. The Morgan fingerprint density at radius 3 is 2.68 bits per heavy atom. The van der Waals surface area contributed by atoms with Gasteiger partial charge in [0.2, 0.25) is 0 Å². The minimum absolute atomic E-state index is 0.147. The topological polar surface area (TPSA) is 55.4 Å². The number of carbonyl (C=O) groups is 2. The Hall–Kier alpha value is -2.66. The van der Waals surface area contributed by atoms with Crippen molar-refractivity contribution in [1.82, 2.24) is 0 Å². The number of amides is 1. The molecule has 0 unspecified atom stereocenters. The lowest BCUT2D eigenvalue weighted by Crippen LogP contribution is -2.13. The molecule has 5 heteroatoms. The van der Waals surface area contributed by atoms with E-state index in [-0.39, 0.29) is 5.91 Å². The predicted molar refractivity (Wildman–Crippen MR) is 102 cm³/mol. The largest absolute Gasteiger partial charge is 0.465 e. The minimum Gasteiger partial charge on any atom is -0.465 e. The molecule has 0 aliphatic rings. The number of rotatable bonds is 5. The molecule has 0 aliphatic heterocycles. The number of fused-ring (bicyclic) bond motifs is 1. The van der Waals surface area contributed by atoms with Crippen molar-refractivity contribution >= 4 is 39.0 Å². The quantitative estimate of drug-likeness (QED) is 0.664. The van der Waals surface area contributed by atoms with Gasteiger partial charge in [0.05, 0.1) is 17.6 Å². The van der Waals surface area contributed by atoms with Gasteiger partial charge in [-0.25, -0.2) is 4.79 Å². The number of thiophene rings is 1. The van der Waals surface area contributed by atoms with Crippen LogP contribution in [0, 0.1) is 0 Å². The molecule has 0 radical (unpaired) electrons. The third kappa shape index (κ3) is 3.56. The zero-order valence-electron chi connectivity index (χ0n) is 14.2. The summed E-state index contributed by atoms with van der Waals surface area (Å²) in [6.07, 6.45) is 1.83. The number of anilines is 1. The van der Waals surface area contributed by atoms with Gasteiger partial charge in [-0.3, -0.25) is 4.79 Å². The summed E-state index contributed by atoms with van der Waals surface area (Å²) in [5.41, 5.74) is 2.07. The number of aryl methyl sites for hydroxylation is 1. The van der Waals surface area contributed by atoms with Crippen LogP contribution in [0.2, 0.25) is 0 Å². The normalized spacial score (nSPS) is 10.6. The van der Waals surface area contributed by atoms with Crippen LogP contribution in [-0.4, -0.2) is 19.0 Å². The van der Waals surface area contributed by atoms with E-state index in [1.807, 2.05) is 18.2 Å². The van der Waals surface area contributed by atoms with E-state index in [2.05, 4.69) is 18.3 Å². The van der Waals surface area contributed by atoms with E-state index in [0.29, 0.717) is 11.3 Å². The number of hydrogen-bond acceptors (Lipinski definition) is 4. The first-order valence-corrected chi connectivity index (χ1v) is 8.95. The first kappa shape index (κ1) is 17.2. The summed E-state index contributed by atoms with van der Waals surface area (Å²) in [4.78, 5) is 25.2. The van der Waals surface area contributed by atoms with Gasteiger partial charge in [0.15, 0.2) is 0 Å². The van der Waals surface area contributed by atoms with Crippen molar-refractivity contribution in [3.63, 3.8) is 0 Å². The summed E-state index contributed by atoms with van der Waals surface area (Å²) < 4.78 is 5.83. The van der Waals surface area contributed by atoms with Gasteiger partial charge in [0, 0.05) is 10.4 Å². The van der Waals surface area contributed by atoms with Crippen molar-refractivity contribution in [2.24, 2.45) is 0 Å². The van der Waals surface area contributed by atoms with Crippen LogP contribution in [0.3, 0.4) is 0 Å². The van der Waals surface area contributed by atoms with Crippen molar-refractivity contribution in [3.05, 3.63) is 64.5 Å². The lowest BCUT2D eigenvalue weighted by atomic mass is 10.1. The zero-order chi connectivity index (χ0) is 17.8. The number of esters is 1. The van der Waals surface area contributed by atoms with Crippen LogP contribution >= 0.6 is 11.3 Å². The third-order valence-electron chi connectivity index (χ3n) is 3.95. The fraction of sp³-hybridized carbons (Fsp3) is 0.200. The monoisotopic (exact) mass is 353 g/mol.